The van der Waals surface area contributed by atoms with Crippen molar-refractivity contribution in [3.05, 3.63) is 0 Å². The van der Waals surface area contributed by atoms with Crippen LogP contribution in [0, 0.1) is 5.41 Å². The Morgan fingerprint density at radius 3 is 2.62 bits per heavy atom. The molecule has 0 spiro atoms. The van der Waals surface area contributed by atoms with E-state index in [0.717, 1.165) is 0 Å². The highest BCUT2D eigenvalue weighted by Crippen LogP contribution is 1.93. The second kappa shape index (κ2) is 8.66. The Balaban J connectivity index is 3.54. The molecule has 0 rings (SSSR count). The maximum absolute atomic E-state index is 11.3. The molecule has 0 aliphatic heterocycles. The third kappa shape index (κ3) is 7.74. The highest BCUT2D eigenvalue weighted by molar-refractivity contribution is 5.81. The molecule has 0 fully saturated rings. The van der Waals surface area contributed by atoms with Crippen LogP contribution in [-0.4, -0.2) is 37.3 Å². The fourth-order valence-electron chi connectivity index (χ4n) is 1.04. The number of carbonyl (C=O) groups is 1. The minimum atomic E-state index is -0.597. The van der Waals surface area contributed by atoms with Crippen molar-refractivity contribution in [2.24, 2.45) is 11.5 Å². The summed E-state index contributed by atoms with van der Waals surface area (Å²) in [6, 6.07) is -0.597. The molecular weight excluding hydrogens is 210 g/mol. The quantitative estimate of drug-likeness (QED) is 0.190. The van der Waals surface area contributed by atoms with E-state index < -0.39 is 6.04 Å². The first-order chi connectivity index (χ1) is 7.57. The molecule has 0 aromatic carbocycles. The second-order valence-electron chi connectivity index (χ2n) is 3.27. The average Bonchev–Trinajstić information content (AvgIpc) is 2.24. The summed E-state index contributed by atoms with van der Waals surface area (Å²) in [7, 11) is 0. The van der Waals surface area contributed by atoms with E-state index in [1.54, 1.807) is 6.29 Å². The molecule has 0 aliphatic carbocycles. The molecule has 0 bridgehead atoms. The summed E-state index contributed by atoms with van der Waals surface area (Å²) >= 11 is 0. The Hall–Kier alpha value is -1.63. The highest BCUT2D eigenvalue weighted by atomic mass is 16.2. The van der Waals surface area contributed by atoms with Gasteiger partial charge in [0.2, 0.25) is 5.91 Å². The van der Waals surface area contributed by atoms with Gasteiger partial charge in [0.15, 0.2) is 12.2 Å². The van der Waals surface area contributed by atoms with Crippen LogP contribution < -0.4 is 22.1 Å². The molecule has 7 heteroatoms. The first-order valence-corrected chi connectivity index (χ1v) is 5.04. The van der Waals surface area contributed by atoms with E-state index in [1.165, 1.54) is 0 Å². The molecule has 0 aliphatic rings. The molecule has 0 saturated heterocycles. The van der Waals surface area contributed by atoms with E-state index in [-0.39, 0.29) is 24.8 Å². The molecule has 1 atom stereocenters. The van der Waals surface area contributed by atoms with Crippen molar-refractivity contribution in [3.8, 4) is 0 Å². The van der Waals surface area contributed by atoms with Crippen LogP contribution in [0.3, 0.4) is 0 Å². The van der Waals surface area contributed by atoms with Gasteiger partial charge in [-0.15, -0.1) is 0 Å². The zero-order valence-corrected chi connectivity index (χ0v) is 9.08. The molecule has 0 heterocycles. The van der Waals surface area contributed by atoms with Crippen molar-refractivity contribution < 1.29 is 9.59 Å². The number of nitrogens with two attached hydrogens (primary N) is 2. The van der Waals surface area contributed by atoms with Crippen molar-refractivity contribution in [2.75, 3.05) is 13.1 Å². The van der Waals surface area contributed by atoms with Crippen molar-refractivity contribution in [3.63, 3.8) is 0 Å². The summed E-state index contributed by atoms with van der Waals surface area (Å²) in [6.07, 6.45) is 2.99. The molecule has 1 amide bonds. The minimum Gasteiger partial charge on any atom is -0.370 e. The molecule has 91 valence electrons. The topological polar surface area (TPSA) is 134 Å². The number of hydrogen-bond acceptors (Lipinski definition) is 4. The van der Waals surface area contributed by atoms with Gasteiger partial charge in [-0.05, 0) is 12.8 Å². The van der Waals surface area contributed by atoms with Crippen LogP contribution in [-0.2, 0) is 9.59 Å². The summed E-state index contributed by atoms with van der Waals surface area (Å²) in [5, 5.41) is 12.0. The first kappa shape index (κ1) is 14.4. The van der Waals surface area contributed by atoms with Crippen LogP contribution in [0.2, 0.25) is 0 Å². The van der Waals surface area contributed by atoms with Crippen molar-refractivity contribution in [1.82, 2.24) is 10.6 Å². The first-order valence-electron chi connectivity index (χ1n) is 5.04. The van der Waals surface area contributed by atoms with Gasteiger partial charge in [-0.25, -0.2) is 0 Å². The molecule has 16 heavy (non-hydrogen) atoms. The number of guanidine groups is 1. The van der Waals surface area contributed by atoms with Crippen molar-refractivity contribution >= 4 is 18.2 Å². The molecule has 0 aromatic rings. The second-order valence-corrected chi connectivity index (χ2v) is 3.27. The number of carbonyl (C=O) groups excluding carboxylic acids is 2. The van der Waals surface area contributed by atoms with Crippen molar-refractivity contribution in [2.45, 2.75) is 25.3 Å². The highest BCUT2D eigenvalue weighted by Gasteiger charge is 2.11. The van der Waals surface area contributed by atoms with Crippen LogP contribution in [0.5, 0.6) is 0 Å². The molecule has 7 N–H and O–H groups in total. The van der Waals surface area contributed by atoms with Gasteiger partial charge in [0.25, 0.3) is 0 Å². The van der Waals surface area contributed by atoms with Crippen LogP contribution in [0.1, 0.15) is 19.3 Å². The van der Waals surface area contributed by atoms with Gasteiger partial charge in [-0.1, -0.05) is 0 Å². The summed E-state index contributed by atoms with van der Waals surface area (Å²) in [6.45, 7) is 0.778. The van der Waals surface area contributed by atoms with Gasteiger partial charge in [0.1, 0.15) is 0 Å². The largest absolute Gasteiger partial charge is 0.370 e. The standard InChI is InChI=1S/C9H18N5O2/c10-7(3-1-4-14-9(11)12)8(16)13-5-2-6-15/h7H,1-5,10H2,(H,13,16)(H4,11,12,14)/t7-/m1/s1. The van der Waals surface area contributed by atoms with Gasteiger partial charge in [-0.3, -0.25) is 15.0 Å². The summed E-state index contributed by atoms with van der Waals surface area (Å²) < 4.78 is 0. The Labute approximate surface area is 94.4 Å². The average molecular weight is 228 g/mol. The normalized spacial score (nSPS) is 11.6. The number of rotatable bonds is 8. The van der Waals surface area contributed by atoms with Gasteiger partial charge in [0, 0.05) is 19.5 Å². The molecule has 0 aromatic heterocycles. The predicted octanol–water partition coefficient (Wildman–Crippen LogP) is -1.81. The van der Waals surface area contributed by atoms with Gasteiger partial charge < -0.3 is 22.1 Å². The van der Waals surface area contributed by atoms with E-state index in [9.17, 15) is 9.59 Å². The van der Waals surface area contributed by atoms with Gasteiger partial charge in [-0.2, -0.15) is 0 Å². The monoisotopic (exact) mass is 228 g/mol. The lowest BCUT2D eigenvalue weighted by Gasteiger charge is -2.11. The fourth-order valence-corrected chi connectivity index (χ4v) is 1.04. The Morgan fingerprint density at radius 1 is 1.38 bits per heavy atom. The maximum Gasteiger partial charge on any atom is 0.236 e. The van der Waals surface area contributed by atoms with E-state index in [2.05, 4.69) is 10.6 Å². The van der Waals surface area contributed by atoms with Gasteiger partial charge in [0.05, 0.1) is 6.04 Å². The number of amides is 1. The molecule has 0 unspecified atom stereocenters. The van der Waals surface area contributed by atoms with Crippen LogP contribution >= 0.6 is 0 Å². The van der Waals surface area contributed by atoms with Crippen LogP contribution in [0.25, 0.3) is 0 Å². The Bertz CT molecular complexity index is 244. The third-order valence-electron chi connectivity index (χ3n) is 1.87. The summed E-state index contributed by atoms with van der Waals surface area (Å²) in [5.41, 5.74) is 10.7. The maximum atomic E-state index is 11.3. The number of hydrogen-bond donors (Lipinski definition) is 5. The lowest BCUT2D eigenvalue weighted by molar-refractivity contribution is -0.122. The zero-order valence-electron chi connectivity index (χ0n) is 9.08. The predicted molar refractivity (Wildman–Crippen MR) is 60.4 cm³/mol. The number of nitrogens with one attached hydrogen (secondary N) is 3. The fraction of sp³-hybridized carbons (Fsp3) is 0.667. The van der Waals surface area contributed by atoms with Crippen molar-refractivity contribution in [1.29, 1.82) is 5.41 Å². The molecule has 7 nitrogen and oxygen atoms in total. The van der Waals surface area contributed by atoms with E-state index in [4.69, 9.17) is 16.9 Å². The Morgan fingerprint density at radius 2 is 2.06 bits per heavy atom. The lowest BCUT2D eigenvalue weighted by atomic mass is 10.1. The van der Waals surface area contributed by atoms with E-state index in [1.807, 2.05) is 0 Å². The molecule has 0 saturated carbocycles. The minimum absolute atomic E-state index is 0.0976. The van der Waals surface area contributed by atoms with Gasteiger partial charge >= 0.3 is 0 Å². The SMILES string of the molecule is N=C(N)NCCC[C@@H](N)C(=O)NCC[C]=O. The van der Waals surface area contributed by atoms with Crippen LogP contribution in [0.15, 0.2) is 0 Å². The molecular formula is C9H18N5O2. The Kier molecular flexibility index (Phi) is 7.78. The lowest BCUT2D eigenvalue weighted by Crippen LogP contribution is -2.41. The summed E-state index contributed by atoms with van der Waals surface area (Å²) in [5.74, 6) is -0.377. The third-order valence-corrected chi connectivity index (χ3v) is 1.87. The summed E-state index contributed by atoms with van der Waals surface area (Å²) in [4.78, 5) is 21.2. The smallest absolute Gasteiger partial charge is 0.236 e. The van der Waals surface area contributed by atoms with E-state index in [0.29, 0.717) is 19.4 Å². The van der Waals surface area contributed by atoms with E-state index >= 15 is 0 Å². The molecule has 1 radical (unpaired) electrons. The zero-order chi connectivity index (χ0) is 12.4. The van der Waals surface area contributed by atoms with Crippen LogP contribution in [0.4, 0.5) is 0 Å².